The number of carbonyl (C=O) groups excluding carboxylic acids is 1. The van der Waals surface area contributed by atoms with E-state index in [0.717, 1.165) is 24.0 Å². The molecule has 1 aliphatic heterocycles. The number of rotatable bonds is 8. The zero-order valence-electron chi connectivity index (χ0n) is 23.3. The van der Waals surface area contributed by atoms with Gasteiger partial charge in [-0.25, -0.2) is 4.79 Å². The summed E-state index contributed by atoms with van der Waals surface area (Å²) < 4.78 is 0. The average Bonchev–Trinajstić information content (AvgIpc) is 3.28. The highest BCUT2D eigenvalue weighted by molar-refractivity contribution is 5.87. The van der Waals surface area contributed by atoms with Gasteiger partial charge in [-0.2, -0.15) is 5.06 Å². The van der Waals surface area contributed by atoms with Crippen LogP contribution < -0.4 is 5.32 Å². The first-order chi connectivity index (χ1) is 18.5. The lowest BCUT2D eigenvalue weighted by Crippen LogP contribution is -2.62. The van der Waals surface area contributed by atoms with Crippen LogP contribution in [0.25, 0.3) is 0 Å². The first-order valence-corrected chi connectivity index (χ1v) is 14.2. The number of carboxylic acids is 1. The van der Waals surface area contributed by atoms with E-state index in [1.165, 1.54) is 6.42 Å². The molecule has 8 nitrogen and oxygen atoms in total. The van der Waals surface area contributed by atoms with Gasteiger partial charge in [0.2, 0.25) is 5.91 Å². The zero-order chi connectivity index (χ0) is 28.1. The third-order valence-electron chi connectivity index (χ3n) is 10.1. The fourth-order valence-electron chi connectivity index (χ4n) is 7.65. The van der Waals surface area contributed by atoms with E-state index in [0.29, 0.717) is 29.7 Å². The van der Waals surface area contributed by atoms with E-state index < -0.39 is 30.1 Å². The molecule has 8 heteroatoms. The van der Waals surface area contributed by atoms with Crippen LogP contribution in [0.4, 0.5) is 0 Å². The lowest BCUT2D eigenvalue weighted by molar-refractivity contribution is -0.173. The minimum atomic E-state index is -0.959. The van der Waals surface area contributed by atoms with Crippen LogP contribution in [0.2, 0.25) is 0 Å². The molecule has 0 radical (unpaired) electrons. The molecule has 3 saturated carbocycles. The van der Waals surface area contributed by atoms with Gasteiger partial charge >= 0.3 is 5.97 Å². The molecule has 4 N–H and O–H groups in total. The molecule has 0 spiro atoms. The molecule has 0 aromatic heterocycles. The topological polar surface area (TPSA) is 119 Å². The molecular formula is C31H42N2O6. The highest BCUT2D eigenvalue weighted by Gasteiger charge is 2.57. The number of allylic oxidation sites excluding steroid dienone is 2. The van der Waals surface area contributed by atoms with Gasteiger partial charge in [0.25, 0.3) is 0 Å². The number of benzene rings is 1. The first-order valence-electron chi connectivity index (χ1n) is 14.2. The maximum absolute atomic E-state index is 13.8. The lowest BCUT2D eigenvalue weighted by atomic mass is 9.45. The van der Waals surface area contributed by atoms with Crippen LogP contribution in [0.1, 0.15) is 68.8 Å². The van der Waals surface area contributed by atoms with Gasteiger partial charge in [0.1, 0.15) is 12.1 Å². The quantitative estimate of drug-likeness (QED) is 0.400. The van der Waals surface area contributed by atoms with Crippen LogP contribution in [-0.2, 0) is 9.63 Å². The summed E-state index contributed by atoms with van der Waals surface area (Å²) in [5.74, 6) is -0.140. The molecule has 212 valence electrons. The number of hydroxylamine groups is 2. The Kier molecular flexibility index (Phi) is 7.76. The van der Waals surface area contributed by atoms with Crippen molar-refractivity contribution in [3.63, 3.8) is 0 Å². The Bertz CT molecular complexity index is 1160. The van der Waals surface area contributed by atoms with Crippen LogP contribution in [-0.4, -0.2) is 69.7 Å². The van der Waals surface area contributed by atoms with E-state index in [1.54, 1.807) is 30.2 Å². The van der Waals surface area contributed by atoms with E-state index in [1.807, 2.05) is 18.2 Å². The second-order valence-electron chi connectivity index (χ2n) is 12.7. The van der Waals surface area contributed by atoms with Crippen molar-refractivity contribution in [2.24, 2.45) is 29.1 Å². The Hall–Kier alpha value is -2.52. The number of fused-ring (bicyclic) bond motifs is 2. The third kappa shape index (κ3) is 5.20. The molecule has 5 aliphatic rings. The molecule has 4 fully saturated rings. The monoisotopic (exact) mass is 538 g/mol. The zero-order valence-corrected chi connectivity index (χ0v) is 23.3. The Morgan fingerprint density at radius 2 is 2.03 bits per heavy atom. The minimum Gasteiger partial charge on any atom is -0.478 e. The van der Waals surface area contributed by atoms with Gasteiger partial charge < -0.3 is 20.6 Å². The van der Waals surface area contributed by atoms with Crippen LogP contribution in [0.15, 0.2) is 48.1 Å². The van der Waals surface area contributed by atoms with Crippen molar-refractivity contribution in [1.29, 1.82) is 0 Å². The number of aromatic carboxylic acids is 1. The molecule has 1 aromatic carbocycles. The number of carboxylic acid groups (broad SMARTS) is 1. The van der Waals surface area contributed by atoms with Gasteiger partial charge in [-0.3, -0.25) is 9.63 Å². The predicted molar refractivity (Wildman–Crippen MR) is 147 cm³/mol. The normalized spacial score (nSPS) is 36.1. The maximum atomic E-state index is 13.8. The van der Waals surface area contributed by atoms with Crippen LogP contribution in [0, 0.1) is 29.1 Å². The minimum absolute atomic E-state index is 0.00134. The van der Waals surface area contributed by atoms with Gasteiger partial charge in [-0.1, -0.05) is 51.1 Å². The lowest BCUT2D eigenvalue weighted by Gasteiger charge is -2.62. The molecule has 4 aliphatic carbocycles. The molecule has 39 heavy (non-hydrogen) atoms. The smallest absolute Gasteiger partial charge is 0.335 e. The largest absolute Gasteiger partial charge is 0.478 e. The predicted octanol–water partition coefficient (Wildman–Crippen LogP) is 3.52. The standard InChI is InChI=1S/C31H42N2O6/c1-17-24-13-23(31(24,3)4)14-25(17)32-29(36)28-27(18(2)35)26(16-34)39-33(28)15-19-7-5-8-20(11-19)21-9-6-10-22(12-21)30(37)38/h5-7,9-12,17-18,20,23-28,34-35H,8,13-16H2,1-4H3,(H,32,36)(H,37,38)/t17?,18-,20?,23+,24-,25-,26-,27+,28-/m0/s1. The summed E-state index contributed by atoms with van der Waals surface area (Å²) in [6, 6.07) is 6.30. The number of hydrogen-bond acceptors (Lipinski definition) is 6. The Balaban J connectivity index is 1.35. The van der Waals surface area contributed by atoms with Crippen molar-refractivity contribution < 1.29 is 29.7 Å². The number of aliphatic hydroxyl groups is 2. The second kappa shape index (κ2) is 10.8. The number of hydrogen-bond donors (Lipinski definition) is 4. The Labute approximate surface area is 230 Å². The summed E-state index contributed by atoms with van der Waals surface area (Å²) in [5, 5.41) is 35.0. The van der Waals surface area contributed by atoms with E-state index in [9.17, 15) is 24.9 Å². The Morgan fingerprint density at radius 3 is 2.67 bits per heavy atom. The van der Waals surface area contributed by atoms with Gasteiger partial charge in [-0.05, 0) is 72.6 Å². The molecular weight excluding hydrogens is 496 g/mol. The molecule has 2 bridgehead atoms. The average molecular weight is 539 g/mol. The number of amides is 1. The fourth-order valence-corrected chi connectivity index (χ4v) is 7.65. The van der Waals surface area contributed by atoms with Crippen molar-refractivity contribution in [3.05, 3.63) is 59.2 Å². The van der Waals surface area contributed by atoms with Gasteiger partial charge in [0, 0.05) is 24.4 Å². The van der Waals surface area contributed by atoms with Gasteiger partial charge in [0.15, 0.2) is 0 Å². The van der Waals surface area contributed by atoms with Crippen molar-refractivity contribution in [2.45, 2.75) is 77.2 Å². The number of nitrogens with one attached hydrogen (secondary N) is 1. The summed E-state index contributed by atoms with van der Waals surface area (Å²) in [5.41, 5.74) is 2.41. The number of nitrogens with zero attached hydrogens (tertiary/aromatic N) is 1. The maximum Gasteiger partial charge on any atom is 0.335 e. The summed E-state index contributed by atoms with van der Waals surface area (Å²) >= 11 is 0. The van der Waals surface area contributed by atoms with Gasteiger partial charge in [-0.15, -0.1) is 0 Å². The summed E-state index contributed by atoms with van der Waals surface area (Å²) in [6.07, 6.45) is 7.52. The summed E-state index contributed by atoms with van der Waals surface area (Å²) in [6.45, 7) is 8.55. The number of carbonyl (C=O) groups is 2. The third-order valence-corrected chi connectivity index (χ3v) is 10.1. The first kappa shape index (κ1) is 28.0. The molecule has 1 amide bonds. The van der Waals surface area contributed by atoms with Crippen molar-refractivity contribution >= 4 is 11.9 Å². The second-order valence-corrected chi connectivity index (χ2v) is 12.7. The summed E-state index contributed by atoms with van der Waals surface area (Å²) in [4.78, 5) is 31.4. The van der Waals surface area contributed by atoms with Gasteiger partial charge in [0.05, 0.1) is 18.3 Å². The molecule has 2 unspecified atom stereocenters. The number of aliphatic hydroxyl groups excluding tert-OH is 2. The highest BCUT2D eigenvalue weighted by Crippen LogP contribution is 2.61. The fraction of sp³-hybridized carbons (Fsp3) is 0.613. The van der Waals surface area contributed by atoms with Crippen molar-refractivity contribution in [3.8, 4) is 0 Å². The van der Waals surface area contributed by atoms with Crippen LogP contribution in [0.3, 0.4) is 0 Å². The van der Waals surface area contributed by atoms with Crippen molar-refractivity contribution in [1.82, 2.24) is 10.4 Å². The van der Waals surface area contributed by atoms with E-state index in [4.69, 9.17) is 4.84 Å². The SMILES string of the molecule is CC1[C@@H](NC(=O)[C@@H]2[C@H]([C@H](C)O)[C@H](CO)ON2CC2=CC(c3cccc(C(=O)O)c3)CC=C2)C[C@H]2C[C@@H]1C2(C)C. The molecule has 1 aromatic rings. The molecule has 9 atom stereocenters. The molecule has 1 heterocycles. The van der Waals surface area contributed by atoms with E-state index in [-0.39, 0.29) is 30.0 Å². The molecule has 1 saturated heterocycles. The van der Waals surface area contributed by atoms with E-state index in [2.05, 4.69) is 32.2 Å². The summed E-state index contributed by atoms with van der Waals surface area (Å²) in [7, 11) is 0. The van der Waals surface area contributed by atoms with Crippen LogP contribution >= 0.6 is 0 Å². The highest BCUT2D eigenvalue weighted by atomic mass is 16.7. The Morgan fingerprint density at radius 1 is 1.26 bits per heavy atom. The van der Waals surface area contributed by atoms with E-state index >= 15 is 0 Å². The molecule has 6 rings (SSSR count). The van der Waals surface area contributed by atoms with Crippen molar-refractivity contribution in [2.75, 3.05) is 13.2 Å². The van der Waals surface area contributed by atoms with Crippen LogP contribution in [0.5, 0.6) is 0 Å².